The monoisotopic (exact) mass is 443 g/mol. The molecule has 4 aromatic rings. The largest absolute Gasteiger partial charge is 0.367 e. The minimum absolute atomic E-state index is 0.0392. The van der Waals surface area contributed by atoms with Crippen LogP contribution in [0.25, 0.3) is 11.2 Å². The van der Waals surface area contributed by atoms with Crippen LogP contribution in [-0.4, -0.2) is 25.4 Å². The number of carbonyl (C=O) groups is 1. The van der Waals surface area contributed by atoms with Crippen LogP contribution in [0.1, 0.15) is 53.2 Å². The van der Waals surface area contributed by atoms with Crippen LogP contribution >= 0.6 is 12.2 Å². The Kier molecular flexibility index (Phi) is 6.28. The van der Waals surface area contributed by atoms with Gasteiger partial charge in [-0.25, -0.2) is 9.97 Å². The summed E-state index contributed by atoms with van der Waals surface area (Å²) in [4.78, 5) is 22.4. The molecule has 0 aliphatic rings. The average Bonchev–Trinajstić information content (AvgIpc) is 3.16. The standard InChI is InChI=1S/C25H25N5OS/c1-16(18-10-6-4-7-11-18)27-24(31)20-14-21-22(26-15-20)30(3)23(29-21)25(32)28-17(2)19-12-8-5-9-13-19/h4-17H,1-3H3,(H,27,31)(H,28,32). The molecule has 0 bridgehead atoms. The predicted molar refractivity (Wildman–Crippen MR) is 131 cm³/mol. The lowest BCUT2D eigenvalue weighted by Gasteiger charge is -2.16. The Bertz CT molecular complexity index is 1250. The lowest BCUT2D eigenvalue weighted by atomic mass is 10.1. The number of fused-ring (bicyclic) bond motifs is 1. The average molecular weight is 444 g/mol. The zero-order valence-electron chi connectivity index (χ0n) is 18.2. The first-order valence-electron chi connectivity index (χ1n) is 10.5. The van der Waals surface area contributed by atoms with Gasteiger partial charge in [-0.1, -0.05) is 72.9 Å². The Morgan fingerprint density at radius 2 is 1.50 bits per heavy atom. The minimum atomic E-state index is -0.193. The van der Waals surface area contributed by atoms with E-state index in [-0.39, 0.29) is 18.0 Å². The van der Waals surface area contributed by atoms with E-state index in [9.17, 15) is 4.79 Å². The fraction of sp³-hybridized carbons (Fsp3) is 0.200. The van der Waals surface area contributed by atoms with E-state index in [0.717, 1.165) is 11.1 Å². The number of nitrogens with zero attached hydrogens (tertiary/aromatic N) is 3. The van der Waals surface area contributed by atoms with Crippen molar-refractivity contribution in [2.24, 2.45) is 7.05 Å². The van der Waals surface area contributed by atoms with Gasteiger partial charge in [-0.05, 0) is 31.0 Å². The molecule has 1 amide bonds. The molecular formula is C25H25N5OS. The molecule has 4 rings (SSSR count). The van der Waals surface area contributed by atoms with Crippen LogP contribution in [0.4, 0.5) is 0 Å². The number of aromatic nitrogens is 3. The molecule has 2 aromatic heterocycles. The van der Waals surface area contributed by atoms with E-state index in [2.05, 4.69) is 39.7 Å². The maximum atomic E-state index is 12.8. The van der Waals surface area contributed by atoms with Gasteiger partial charge < -0.3 is 15.2 Å². The smallest absolute Gasteiger partial charge is 0.253 e. The Morgan fingerprint density at radius 3 is 2.09 bits per heavy atom. The molecule has 0 aliphatic heterocycles. The summed E-state index contributed by atoms with van der Waals surface area (Å²) in [6, 6.07) is 21.6. The van der Waals surface area contributed by atoms with Crippen LogP contribution in [0.15, 0.2) is 72.9 Å². The van der Waals surface area contributed by atoms with Gasteiger partial charge >= 0.3 is 0 Å². The molecule has 2 N–H and O–H groups in total. The molecule has 0 saturated heterocycles. The van der Waals surface area contributed by atoms with Crippen molar-refractivity contribution in [2.75, 3.05) is 0 Å². The van der Waals surface area contributed by atoms with E-state index in [1.165, 1.54) is 0 Å². The lowest BCUT2D eigenvalue weighted by Crippen LogP contribution is -2.28. The number of aryl methyl sites for hydroxylation is 1. The van der Waals surface area contributed by atoms with E-state index in [1.54, 1.807) is 12.3 Å². The highest BCUT2D eigenvalue weighted by Gasteiger charge is 2.18. The first kappa shape index (κ1) is 21.6. The van der Waals surface area contributed by atoms with E-state index in [1.807, 2.05) is 67.1 Å². The number of imidazole rings is 1. The second kappa shape index (κ2) is 9.28. The van der Waals surface area contributed by atoms with Crippen LogP contribution in [-0.2, 0) is 7.05 Å². The van der Waals surface area contributed by atoms with Gasteiger partial charge in [0, 0.05) is 19.3 Å². The Balaban J connectivity index is 1.52. The molecule has 0 radical (unpaired) electrons. The number of hydrogen-bond acceptors (Lipinski definition) is 4. The van der Waals surface area contributed by atoms with Gasteiger partial charge in [-0.15, -0.1) is 0 Å². The third-order valence-electron chi connectivity index (χ3n) is 5.47. The van der Waals surface area contributed by atoms with Crippen LogP contribution in [0.3, 0.4) is 0 Å². The van der Waals surface area contributed by atoms with Gasteiger partial charge in [0.05, 0.1) is 11.6 Å². The summed E-state index contributed by atoms with van der Waals surface area (Å²) < 4.78 is 1.84. The number of rotatable bonds is 6. The fourth-order valence-electron chi connectivity index (χ4n) is 3.59. The Hall–Kier alpha value is -3.58. The van der Waals surface area contributed by atoms with Crippen molar-refractivity contribution in [2.45, 2.75) is 25.9 Å². The molecule has 2 unspecified atom stereocenters. The molecule has 2 atom stereocenters. The molecule has 32 heavy (non-hydrogen) atoms. The van der Waals surface area contributed by atoms with Crippen molar-refractivity contribution in [3.8, 4) is 0 Å². The van der Waals surface area contributed by atoms with Crippen LogP contribution in [0.2, 0.25) is 0 Å². The molecule has 162 valence electrons. The van der Waals surface area contributed by atoms with Gasteiger partial charge in [0.25, 0.3) is 5.91 Å². The predicted octanol–water partition coefficient (Wildman–Crippen LogP) is 4.49. The number of benzene rings is 2. The molecule has 0 spiro atoms. The first-order valence-corrected chi connectivity index (χ1v) is 10.9. The van der Waals surface area contributed by atoms with Crippen LogP contribution in [0.5, 0.6) is 0 Å². The van der Waals surface area contributed by atoms with Crippen LogP contribution < -0.4 is 10.6 Å². The Labute approximate surface area is 192 Å². The number of thiocarbonyl (C=S) groups is 1. The van der Waals surface area contributed by atoms with E-state index in [4.69, 9.17) is 12.2 Å². The Morgan fingerprint density at radius 1 is 0.938 bits per heavy atom. The zero-order chi connectivity index (χ0) is 22.7. The molecule has 0 fully saturated rings. The molecular weight excluding hydrogens is 418 g/mol. The maximum Gasteiger partial charge on any atom is 0.253 e. The highest BCUT2D eigenvalue weighted by atomic mass is 32.1. The molecule has 0 saturated carbocycles. The highest BCUT2D eigenvalue weighted by molar-refractivity contribution is 7.80. The number of hydrogen-bond donors (Lipinski definition) is 2. The molecule has 6 nitrogen and oxygen atoms in total. The minimum Gasteiger partial charge on any atom is -0.367 e. The molecule has 7 heteroatoms. The topological polar surface area (TPSA) is 71.8 Å². The molecule has 0 aliphatic carbocycles. The first-order chi connectivity index (χ1) is 15.4. The zero-order valence-corrected chi connectivity index (χ0v) is 19.1. The van der Waals surface area contributed by atoms with E-state index in [0.29, 0.717) is 27.5 Å². The summed E-state index contributed by atoms with van der Waals surface area (Å²) in [5.74, 6) is 0.418. The second-order valence-corrected chi connectivity index (χ2v) is 8.18. The summed E-state index contributed by atoms with van der Waals surface area (Å²) in [6.07, 6.45) is 1.57. The lowest BCUT2D eigenvalue weighted by molar-refractivity contribution is 0.0939. The normalized spacial score (nSPS) is 12.8. The van der Waals surface area contributed by atoms with Gasteiger partial charge in [0.15, 0.2) is 11.5 Å². The second-order valence-electron chi connectivity index (χ2n) is 7.77. The number of nitrogens with one attached hydrogen (secondary N) is 2. The summed E-state index contributed by atoms with van der Waals surface area (Å²) in [7, 11) is 1.87. The number of carbonyl (C=O) groups excluding carboxylic acids is 1. The SMILES string of the molecule is CC(NC(=O)c1cnc2c(c1)nc(C(=S)NC(C)c1ccccc1)n2C)c1ccccc1. The van der Waals surface area contributed by atoms with Crippen molar-refractivity contribution in [1.29, 1.82) is 0 Å². The van der Waals surface area contributed by atoms with E-state index >= 15 is 0 Å². The highest BCUT2D eigenvalue weighted by Crippen LogP contribution is 2.18. The van der Waals surface area contributed by atoms with Crippen molar-refractivity contribution >= 4 is 34.3 Å². The van der Waals surface area contributed by atoms with Gasteiger partial charge in [-0.2, -0.15) is 0 Å². The number of pyridine rings is 1. The van der Waals surface area contributed by atoms with Gasteiger partial charge in [0.1, 0.15) is 10.5 Å². The third-order valence-corrected chi connectivity index (χ3v) is 5.77. The van der Waals surface area contributed by atoms with Crippen molar-refractivity contribution in [3.05, 3.63) is 95.4 Å². The van der Waals surface area contributed by atoms with Crippen molar-refractivity contribution in [1.82, 2.24) is 25.2 Å². The summed E-state index contributed by atoms with van der Waals surface area (Å²) in [6.45, 7) is 4.01. The molecule has 2 heterocycles. The fourth-order valence-corrected chi connectivity index (χ4v) is 3.95. The van der Waals surface area contributed by atoms with Crippen molar-refractivity contribution < 1.29 is 4.79 Å². The summed E-state index contributed by atoms with van der Waals surface area (Å²) in [5.41, 5.74) is 3.93. The maximum absolute atomic E-state index is 12.8. The summed E-state index contributed by atoms with van der Waals surface area (Å²) >= 11 is 5.62. The van der Waals surface area contributed by atoms with E-state index < -0.39 is 0 Å². The van der Waals surface area contributed by atoms with Crippen molar-refractivity contribution in [3.63, 3.8) is 0 Å². The van der Waals surface area contributed by atoms with Gasteiger partial charge in [0.2, 0.25) is 0 Å². The molecule has 2 aromatic carbocycles. The van der Waals surface area contributed by atoms with Crippen LogP contribution in [0, 0.1) is 0 Å². The number of amides is 1. The van der Waals surface area contributed by atoms with Gasteiger partial charge in [-0.3, -0.25) is 4.79 Å². The summed E-state index contributed by atoms with van der Waals surface area (Å²) in [5, 5.41) is 6.35. The third kappa shape index (κ3) is 4.53. The quantitative estimate of drug-likeness (QED) is 0.430.